The first-order valence-corrected chi connectivity index (χ1v) is 11.7. The minimum Gasteiger partial charge on any atom is -0.382 e. The van der Waals surface area contributed by atoms with Crippen LogP contribution in [0.3, 0.4) is 0 Å². The first kappa shape index (κ1) is 23.7. The molecular weight excluding hydrogens is 466 g/mol. The number of nitrogens with zero attached hydrogens (tertiary/aromatic N) is 3. The molecule has 4 N–H and O–H groups in total. The van der Waals surface area contributed by atoms with Gasteiger partial charge in [0.05, 0.1) is 5.39 Å². The fraction of sp³-hybridized carbons (Fsp3) is 0.308. The maximum Gasteiger partial charge on any atom is 0.290 e. The number of hydrogen-bond donors (Lipinski definition) is 3. The number of nitrogen functional groups attached to an aromatic ring is 1. The van der Waals surface area contributed by atoms with Crippen LogP contribution < -0.4 is 16.6 Å². The number of carbonyl (C=O) groups excluding carboxylic acids is 1. The number of fused-ring (bicyclic) bond motifs is 1. The van der Waals surface area contributed by atoms with Gasteiger partial charge in [-0.05, 0) is 43.9 Å². The Morgan fingerprint density at radius 3 is 2.67 bits per heavy atom. The third-order valence-electron chi connectivity index (χ3n) is 6.75. The lowest BCUT2D eigenvalue weighted by Crippen LogP contribution is -2.28. The van der Waals surface area contributed by atoms with Gasteiger partial charge in [-0.15, -0.1) is 0 Å². The summed E-state index contributed by atoms with van der Waals surface area (Å²) < 4.78 is 30.3. The molecule has 0 radical (unpaired) electrons. The molecule has 5 rings (SSSR count). The summed E-state index contributed by atoms with van der Waals surface area (Å²) in [5.74, 6) is -3.13. The average molecular weight is 493 g/mol. The smallest absolute Gasteiger partial charge is 0.290 e. The van der Waals surface area contributed by atoms with Crippen molar-refractivity contribution in [2.45, 2.75) is 51.6 Å². The van der Waals surface area contributed by atoms with Gasteiger partial charge in [0.15, 0.2) is 5.82 Å². The molecule has 2 heterocycles. The van der Waals surface area contributed by atoms with Crippen LogP contribution in [0.25, 0.3) is 22.2 Å². The van der Waals surface area contributed by atoms with Gasteiger partial charge in [0.2, 0.25) is 0 Å². The van der Waals surface area contributed by atoms with Gasteiger partial charge in [-0.25, -0.2) is 18.6 Å². The zero-order valence-electron chi connectivity index (χ0n) is 19.9. The molecule has 0 aliphatic heterocycles. The zero-order valence-corrected chi connectivity index (χ0v) is 19.9. The quantitative estimate of drug-likeness (QED) is 0.384. The minimum absolute atomic E-state index is 0.00561. The lowest BCUT2D eigenvalue weighted by atomic mass is 10.0. The van der Waals surface area contributed by atoms with E-state index in [1.54, 1.807) is 12.1 Å². The van der Waals surface area contributed by atoms with E-state index in [4.69, 9.17) is 5.73 Å². The molecule has 2 aromatic heterocycles. The summed E-state index contributed by atoms with van der Waals surface area (Å²) in [6.45, 7) is 4.13. The number of rotatable bonds is 5. The van der Waals surface area contributed by atoms with Crippen molar-refractivity contribution in [3.63, 3.8) is 0 Å². The topological polar surface area (TPSA) is 119 Å². The van der Waals surface area contributed by atoms with E-state index in [0.29, 0.717) is 29.8 Å². The van der Waals surface area contributed by atoms with Crippen molar-refractivity contribution in [2.24, 2.45) is 0 Å². The predicted molar refractivity (Wildman–Crippen MR) is 133 cm³/mol. The van der Waals surface area contributed by atoms with Crippen molar-refractivity contribution < 1.29 is 13.6 Å². The van der Waals surface area contributed by atoms with Crippen LogP contribution in [0.15, 0.2) is 47.3 Å². The van der Waals surface area contributed by atoms with E-state index < -0.39 is 17.5 Å². The molecule has 4 aromatic rings. The molecule has 10 heteroatoms. The highest BCUT2D eigenvalue weighted by molar-refractivity contribution is 5.99. The number of nitrogens with two attached hydrogens (primary N) is 1. The standard InChI is InChI=1S/C26H26F2N6O2/c1-14-5-6-15(2)18(12-14)24(35)30-13-16-7-9-17(10-8-16)21-20-22(25(36)32-31-23(20)29)34(33-21)19-4-3-11-26(19,27)28/h5-10,12,19H,3-4,11,13H2,1-2H3,(H2,29,31)(H,30,35)(H,32,36)/t19-/m1/s1. The van der Waals surface area contributed by atoms with Crippen molar-refractivity contribution >= 4 is 22.6 Å². The number of aromatic nitrogens is 4. The number of anilines is 1. The van der Waals surface area contributed by atoms with Crippen LogP contribution in [0.4, 0.5) is 14.6 Å². The number of alkyl halides is 2. The van der Waals surface area contributed by atoms with E-state index in [1.165, 1.54) is 0 Å². The Kier molecular flexibility index (Phi) is 5.82. The fourth-order valence-electron chi connectivity index (χ4n) is 4.79. The van der Waals surface area contributed by atoms with Gasteiger partial charge in [0.1, 0.15) is 17.3 Å². The first-order valence-electron chi connectivity index (χ1n) is 11.7. The van der Waals surface area contributed by atoms with Gasteiger partial charge >= 0.3 is 0 Å². The van der Waals surface area contributed by atoms with Crippen molar-refractivity contribution in [2.75, 3.05) is 5.73 Å². The lowest BCUT2D eigenvalue weighted by molar-refractivity contribution is -0.0329. The van der Waals surface area contributed by atoms with Crippen LogP contribution in [0.1, 0.15) is 52.4 Å². The molecule has 2 aromatic carbocycles. The SMILES string of the molecule is Cc1ccc(C)c(C(=O)NCc2ccc(-c3nn([C@@H]4CCCC4(F)F)c4c(=O)[nH]nc(N)c34)cc2)c1. The van der Waals surface area contributed by atoms with E-state index in [-0.39, 0.29) is 35.5 Å². The Balaban J connectivity index is 1.45. The number of hydrogen-bond acceptors (Lipinski definition) is 5. The van der Waals surface area contributed by atoms with Gasteiger partial charge in [0, 0.05) is 24.1 Å². The van der Waals surface area contributed by atoms with E-state index in [0.717, 1.165) is 21.4 Å². The number of nitrogens with one attached hydrogen (secondary N) is 2. The van der Waals surface area contributed by atoms with E-state index in [9.17, 15) is 18.4 Å². The lowest BCUT2D eigenvalue weighted by Gasteiger charge is -2.19. The normalized spacial score (nSPS) is 16.9. The summed E-state index contributed by atoms with van der Waals surface area (Å²) in [6, 6.07) is 11.6. The number of carbonyl (C=O) groups is 1. The van der Waals surface area contributed by atoms with Gasteiger partial charge in [-0.2, -0.15) is 10.2 Å². The van der Waals surface area contributed by atoms with E-state index in [2.05, 4.69) is 20.6 Å². The average Bonchev–Trinajstić information content (AvgIpc) is 3.42. The second kappa shape index (κ2) is 8.85. The molecule has 0 saturated heterocycles. The van der Waals surface area contributed by atoms with Crippen LogP contribution in [0, 0.1) is 13.8 Å². The van der Waals surface area contributed by atoms with Crippen LogP contribution in [-0.4, -0.2) is 31.8 Å². The summed E-state index contributed by atoms with van der Waals surface area (Å²) >= 11 is 0. The highest BCUT2D eigenvalue weighted by atomic mass is 19.3. The van der Waals surface area contributed by atoms with Crippen molar-refractivity contribution in [1.82, 2.24) is 25.3 Å². The maximum atomic E-state index is 14.6. The summed E-state index contributed by atoms with van der Waals surface area (Å²) in [7, 11) is 0. The number of H-pyrrole nitrogens is 1. The molecule has 0 bridgehead atoms. The molecule has 1 aliphatic carbocycles. The predicted octanol–water partition coefficient (Wildman–Crippen LogP) is 4.28. The zero-order chi connectivity index (χ0) is 25.6. The largest absolute Gasteiger partial charge is 0.382 e. The first-order chi connectivity index (χ1) is 17.2. The number of amides is 1. The number of benzene rings is 2. The molecule has 1 fully saturated rings. The molecule has 0 spiro atoms. The molecule has 1 atom stereocenters. The second-order valence-corrected chi connectivity index (χ2v) is 9.32. The van der Waals surface area contributed by atoms with Crippen LogP contribution in [-0.2, 0) is 6.54 Å². The van der Waals surface area contributed by atoms with Gasteiger partial charge < -0.3 is 11.1 Å². The highest BCUT2D eigenvalue weighted by Gasteiger charge is 2.46. The third kappa shape index (κ3) is 4.12. The molecule has 8 nitrogen and oxygen atoms in total. The summed E-state index contributed by atoms with van der Waals surface area (Å²) in [5, 5.41) is 13.7. The van der Waals surface area contributed by atoms with Gasteiger partial charge in [0.25, 0.3) is 17.4 Å². The summed E-state index contributed by atoms with van der Waals surface area (Å²) in [4.78, 5) is 25.2. The Morgan fingerprint density at radius 2 is 1.97 bits per heavy atom. The van der Waals surface area contributed by atoms with Crippen molar-refractivity contribution in [3.8, 4) is 11.3 Å². The molecule has 1 aliphatic rings. The van der Waals surface area contributed by atoms with Crippen molar-refractivity contribution in [1.29, 1.82) is 0 Å². The molecule has 0 unspecified atom stereocenters. The monoisotopic (exact) mass is 492 g/mol. The summed E-state index contributed by atoms with van der Waals surface area (Å²) in [6.07, 6.45) is 0.300. The summed E-state index contributed by atoms with van der Waals surface area (Å²) in [5.41, 5.74) is 9.72. The number of aromatic amines is 1. The third-order valence-corrected chi connectivity index (χ3v) is 6.75. The molecule has 36 heavy (non-hydrogen) atoms. The molecular formula is C26H26F2N6O2. The Labute approximate surface area is 205 Å². The molecule has 186 valence electrons. The van der Waals surface area contributed by atoms with E-state index >= 15 is 0 Å². The van der Waals surface area contributed by atoms with E-state index in [1.807, 2.05) is 44.2 Å². The van der Waals surface area contributed by atoms with Gasteiger partial charge in [-0.3, -0.25) is 9.59 Å². The highest BCUT2D eigenvalue weighted by Crippen LogP contribution is 2.45. The van der Waals surface area contributed by atoms with Gasteiger partial charge in [-0.1, -0.05) is 42.0 Å². The Bertz CT molecular complexity index is 1520. The number of halogens is 2. The second-order valence-electron chi connectivity index (χ2n) is 9.32. The Hall–Kier alpha value is -4.08. The fourth-order valence-corrected chi connectivity index (χ4v) is 4.79. The maximum absolute atomic E-state index is 14.6. The van der Waals surface area contributed by atoms with Crippen LogP contribution in [0.5, 0.6) is 0 Å². The Morgan fingerprint density at radius 1 is 1.22 bits per heavy atom. The van der Waals surface area contributed by atoms with Crippen LogP contribution >= 0.6 is 0 Å². The molecule has 1 saturated carbocycles. The number of aryl methyl sites for hydroxylation is 2. The van der Waals surface area contributed by atoms with Crippen molar-refractivity contribution in [3.05, 3.63) is 75.1 Å². The van der Waals surface area contributed by atoms with Crippen LogP contribution in [0.2, 0.25) is 0 Å². The minimum atomic E-state index is -2.97. The molecule has 1 amide bonds.